The molecular weight excluding hydrogens is 328 g/mol. The summed E-state index contributed by atoms with van der Waals surface area (Å²) in [6.45, 7) is 3.03. The van der Waals surface area contributed by atoms with Crippen LogP contribution in [0.1, 0.15) is 36.9 Å². The zero-order valence-corrected chi connectivity index (χ0v) is 14.9. The Labute approximate surface area is 148 Å². The lowest BCUT2D eigenvalue weighted by Gasteiger charge is -2.42. The van der Waals surface area contributed by atoms with E-state index in [4.69, 9.17) is 0 Å². The van der Waals surface area contributed by atoms with Crippen molar-refractivity contribution in [1.29, 1.82) is 0 Å². The quantitative estimate of drug-likeness (QED) is 0.814. The lowest BCUT2D eigenvalue weighted by atomic mass is 9.67. The normalized spacial score (nSPS) is 28.7. The molecule has 2 atom stereocenters. The number of nitrogens with one attached hydrogen (secondary N) is 1. The van der Waals surface area contributed by atoms with Crippen LogP contribution in [-0.4, -0.2) is 40.2 Å². The highest BCUT2D eigenvalue weighted by Gasteiger charge is 2.51. The Hall–Kier alpha value is -1.40. The molecule has 4 rings (SSSR count). The fraction of sp³-hybridized carbons (Fsp3) is 0.706. The summed E-state index contributed by atoms with van der Waals surface area (Å²) in [7, 11) is 1.68. The van der Waals surface area contributed by atoms with Crippen molar-refractivity contribution in [2.75, 3.05) is 19.6 Å². The average Bonchev–Trinajstić information content (AvgIpc) is 3.00. The predicted octanol–water partition coefficient (Wildman–Crippen LogP) is 0.867. The minimum Gasteiger partial charge on any atom is -0.337 e. The Balaban J connectivity index is 0.00000169. The minimum absolute atomic E-state index is 0. The second-order valence-electron chi connectivity index (χ2n) is 7.28. The molecule has 0 unspecified atom stereocenters. The third-order valence-corrected chi connectivity index (χ3v) is 5.99. The molecule has 0 aromatic carbocycles. The van der Waals surface area contributed by atoms with Crippen molar-refractivity contribution in [2.45, 2.75) is 38.6 Å². The molecular formula is C17H25ClN4O2. The standard InChI is InChI=1S/C17H24N4O2.ClH/c1-20-15(22)8-12-10-21(7-5-14(12)19-20)16(23)17-6-3-2-4-13(17)9-18-11-17;/h8,13,18H,2-7,9-11H2,1H3;1H/t13-,17+;/m0./s1. The zero-order valence-electron chi connectivity index (χ0n) is 14.1. The maximum absolute atomic E-state index is 13.3. The van der Waals surface area contributed by atoms with E-state index in [2.05, 4.69) is 10.4 Å². The molecule has 24 heavy (non-hydrogen) atoms. The highest BCUT2D eigenvalue weighted by molar-refractivity contribution is 5.85. The molecule has 132 valence electrons. The van der Waals surface area contributed by atoms with E-state index in [9.17, 15) is 9.59 Å². The summed E-state index contributed by atoms with van der Waals surface area (Å²) in [4.78, 5) is 27.1. The van der Waals surface area contributed by atoms with E-state index in [0.717, 1.165) is 50.0 Å². The monoisotopic (exact) mass is 352 g/mol. The van der Waals surface area contributed by atoms with Crippen LogP contribution in [0.25, 0.3) is 0 Å². The summed E-state index contributed by atoms with van der Waals surface area (Å²) in [5.41, 5.74) is 1.57. The van der Waals surface area contributed by atoms with Crippen molar-refractivity contribution in [1.82, 2.24) is 20.0 Å². The van der Waals surface area contributed by atoms with Gasteiger partial charge in [0.15, 0.2) is 0 Å². The molecule has 0 spiro atoms. The first kappa shape index (κ1) is 17.4. The first-order valence-corrected chi connectivity index (χ1v) is 8.66. The number of carbonyl (C=O) groups is 1. The van der Waals surface area contributed by atoms with Crippen LogP contribution in [0.4, 0.5) is 0 Å². The van der Waals surface area contributed by atoms with Crippen molar-refractivity contribution in [3.63, 3.8) is 0 Å². The van der Waals surface area contributed by atoms with E-state index in [1.54, 1.807) is 13.1 Å². The average molecular weight is 353 g/mol. The molecule has 3 aliphatic rings. The molecule has 0 bridgehead atoms. The lowest BCUT2D eigenvalue weighted by Crippen LogP contribution is -2.51. The number of aromatic nitrogens is 2. The van der Waals surface area contributed by atoms with Crippen LogP contribution >= 0.6 is 12.4 Å². The Morgan fingerprint density at radius 2 is 2.25 bits per heavy atom. The van der Waals surface area contributed by atoms with E-state index in [1.165, 1.54) is 11.1 Å². The van der Waals surface area contributed by atoms with E-state index in [1.807, 2.05) is 4.90 Å². The van der Waals surface area contributed by atoms with Gasteiger partial charge in [0.05, 0.1) is 11.1 Å². The molecule has 1 aromatic heterocycles. The van der Waals surface area contributed by atoms with Crippen LogP contribution in [-0.2, 0) is 24.8 Å². The number of hydrogen-bond donors (Lipinski definition) is 1. The highest BCUT2D eigenvalue weighted by atomic mass is 35.5. The molecule has 1 aromatic rings. The number of carbonyl (C=O) groups excluding carboxylic acids is 1. The van der Waals surface area contributed by atoms with Gasteiger partial charge in [-0.15, -0.1) is 12.4 Å². The van der Waals surface area contributed by atoms with E-state index >= 15 is 0 Å². The largest absolute Gasteiger partial charge is 0.337 e. The molecule has 1 amide bonds. The number of hydrogen-bond acceptors (Lipinski definition) is 4. The van der Waals surface area contributed by atoms with Gasteiger partial charge in [-0.05, 0) is 25.3 Å². The van der Waals surface area contributed by atoms with Gasteiger partial charge in [0.25, 0.3) is 5.56 Å². The fourth-order valence-electron chi connectivity index (χ4n) is 4.65. The van der Waals surface area contributed by atoms with Crippen molar-refractivity contribution >= 4 is 18.3 Å². The number of fused-ring (bicyclic) bond motifs is 2. The van der Waals surface area contributed by atoms with Gasteiger partial charge in [0.1, 0.15) is 0 Å². The fourth-order valence-corrected chi connectivity index (χ4v) is 4.65. The molecule has 3 heterocycles. The third kappa shape index (κ3) is 2.65. The molecule has 2 fully saturated rings. The van der Waals surface area contributed by atoms with Gasteiger partial charge in [-0.2, -0.15) is 5.10 Å². The van der Waals surface area contributed by atoms with Gasteiger partial charge in [-0.3, -0.25) is 9.59 Å². The molecule has 7 heteroatoms. The van der Waals surface area contributed by atoms with Crippen LogP contribution in [0.2, 0.25) is 0 Å². The highest BCUT2D eigenvalue weighted by Crippen LogP contribution is 2.45. The van der Waals surface area contributed by atoms with Crippen molar-refractivity contribution in [3.05, 3.63) is 27.7 Å². The van der Waals surface area contributed by atoms with Gasteiger partial charge >= 0.3 is 0 Å². The smallest absolute Gasteiger partial charge is 0.266 e. The van der Waals surface area contributed by atoms with E-state index in [0.29, 0.717) is 24.9 Å². The molecule has 6 nitrogen and oxygen atoms in total. The summed E-state index contributed by atoms with van der Waals surface area (Å²) in [6.07, 6.45) is 5.29. The van der Waals surface area contributed by atoms with Gasteiger partial charge in [0, 0.05) is 44.7 Å². The van der Waals surface area contributed by atoms with Crippen molar-refractivity contribution < 1.29 is 4.79 Å². The molecule has 1 N–H and O–H groups in total. The first-order chi connectivity index (χ1) is 11.1. The minimum atomic E-state index is -0.205. The van der Waals surface area contributed by atoms with Crippen LogP contribution in [0.15, 0.2) is 10.9 Å². The number of halogens is 1. The summed E-state index contributed by atoms with van der Waals surface area (Å²) in [5, 5.41) is 7.79. The first-order valence-electron chi connectivity index (χ1n) is 8.66. The molecule has 1 saturated carbocycles. The second kappa shape index (κ2) is 6.48. The molecule has 1 aliphatic carbocycles. The number of aryl methyl sites for hydroxylation is 1. The molecule has 0 radical (unpaired) electrons. The summed E-state index contributed by atoms with van der Waals surface area (Å²) in [5.74, 6) is 0.769. The topological polar surface area (TPSA) is 67.2 Å². The molecule has 1 saturated heterocycles. The summed E-state index contributed by atoms with van der Waals surface area (Å²) >= 11 is 0. The van der Waals surface area contributed by atoms with Gasteiger partial charge in [0.2, 0.25) is 5.91 Å². The second-order valence-corrected chi connectivity index (χ2v) is 7.28. The van der Waals surface area contributed by atoms with Gasteiger partial charge in [-0.1, -0.05) is 12.8 Å². The third-order valence-electron chi connectivity index (χ3n) is 5.99. The SMILES string of the molecule is Cl.Cn1nc2c(cc1=O)CN(C(=O)[C@@]13CCCC[C@H]1CNC3)CC2. The van der Waals surface area contributed by atoms with Crippen LogP contribution in [0, 0.1) is 11.3 Å². The Bertz CT molecular complexity index is 704. The van der Waals surface area contributed by atoms with Gasteiger partial charge < -0.3 is 10.2 Å². The maximum atomic E-state index is 13.3. The number of amides is 1. The van der Waals surface area contributed by atoms with Crippen LogP contribution in [0.3, 0.4) is 0 Å². The van der Waals surface area contributed by atoms with E-state index in [-0.39, 0.29) is 23.4 Å². The van der Waals surface area contributed by atoms with Gasteiger partial charge in [-0.25, -0.2) is 4.68 Å². The van der Waals surface area contributed by atoms with Crippen molar-refractivity contribution in [2.24, 2.45) is 18.4 Å². The molecule has 2 aliphatic heterocycles. The van der Waals surface area contributed by atoms with E-state index < -0.39 is 0 Å². The van der Waals surface area contributed by atoms with Crippen LogP contribution < -0.4 is 10.9 Å². The number of rotatable bonds is 1. The summed E-state index contributed by atoms with van der Waals surface area (Å²) in [6, 6.07) is 1.64. The Morgan fingerprint density at radius 1 is 1.42 bits per heavy atom. The van der Waals surface area contributed by atoms with Crippen LogP contribution in [0.5, 0.6) is 0 Å². The predicted molar refractivity (Wildman–Crippen MR) is 93.1 cm³/mol. The number of nitrogens with zero attached hydrogens (tertiary/aromatic N) is 3. The Kier molecular flexibility index (Phi) is 4.71. The maximum Gasteiger partial charge on any atom is 0.266 e. The summed E-state index contributed by atoms with van der Waals surface area (Å²) < 4.78 is 1.38. The van der Waals surface area contributed by atoms with Crippen molar-refractivity contribution in [3.8, 4) is 0 Å². The lowest BCUT2D eigenvalue weighted by molar-refractivity contribution is -0.146. The Morgan fingerprint density at radius 3 is 3.08 bits per heavy atom. The zero-order chi connectivity index (χ0) is 16.0.